The van der Waals surface area contributed by atoms with Crippen molar-refractivity contribution >= 4 is 27.3 Å². The second kappa shape index (κ2) is 9.02. The quantitative estimate of drug-likeness (QED) is 0.603. The molecule has 0 aromatic heterocycles. The minimum atomic E-state index is -4.05. The molecule has 1 unspecified atom stereocenters. The van der Waals surface area contributed by atoms with Crippen LogP contribution in [0.5, 0.6) is 11.5 Å². The zero-order chi connectivity index (χ0) is 22.9. The molecule has 1 amide bonds. The number of ether oxygens (including phenoxy) is 1. The molecule has 1 saturated heterocycles. The number of nitrogens with zero attached hydrogens (tertiary/aromatic N) is 1. The molecule has 3 N–H and O–H groups in total. The third-order valence-corrected chi connectivity index (χ3v) is 9.25. The van der Waals surface area contributed by atoms with E-state index in [2.05, 4.69) is 4.90 Å². The van der Waals surface area contributed by atoms with Gasteiger partial charge < -0.3 is 20.5 Å². The number of benzene rings is 2. The molecule has 1 aliphatic carbocycles. The van der Waals surface area contributed by atoms with Gasteiger partial charge in [-0.2, -0.15) is 0 Å². The van der Waals surface area contributed by atoms with E-state index in [9.17, 15) is 18.3 Å². The van der Waals surface area contributed by atoms with Gasteiger partial charge in [0, 0.05) is 11.6 Å². The van der Waals surface area contributed by atoms with Crippen LogP contribution in [0.4, 0.5) is 0 Å². The number of carbonyl (C=O) groups is 1. The molecule has 4 rings (SSSR count). The highest BCUT2D eigenvalue weighted by molar-refractivity contribution is 7.93. The number of amides is 1. The first-order valence-corrected chi connectivity index (χ1v) is 12.6. The van der Waals surface area contributed by atoms with Gasteiger partial charge in [0.2, 0.25) is 5.91 Å². The fraction of sp³-hybridized carbons (Fsp3) is 0.435. The molecule has 1 atom stereocenters. The summed E-state index contributed by atoms with van der Waals surface area (Å²) in [4.78, 5) is 14.1. The maximum Gasteiger partial charge on any atom is 0.247 e. The van der Waals surface area contributed by atoms with Crippen LogP contribution < -0.4 is 10.5 Å². The fourth-order valence-electron chi connectivity index (χ4n) is 4.29. The summed E-state index contributed by atoms with van der Waals surface area (Å²) >= 11 is 5.88. The number of aliphatic hydroxyl groups excluding tert-OH is 1. The molecular weight excluding hydrogens is 452 g/mol. The summed E-state index contributed by atoms with van der Waals surface area (Å²) in [6.07, 6.45) is 0.924. The summed E-state index contributed by atoms with van der Waals surface area (Å²) < 4.78 is 31.4. The number of likely N-dealkylation sites (tertiary alicyclic amines) is 1. The minimum Gasteiger partial charge on any atom is -0.457 e. The molecule has 1 saturated carbocycles. The highest BCUT2D eigenvalue weighted by Crippen LogP contribution is 2.40. The van der Waals surface area contributed by atoms with Crippen molar-refractivity contribution < 1.29 is 23.1 Å². The molecule has 0 bridgehead atoms. The van der Waals surface area contributed by atoms with Gasteiger partial charge in [-0.25, -0.2) is 8.42 Å². The number of nitrogens with two attached hydrogens (primary N) is 1. The van der Waals surface area contributed by atoms with Gasteiger partial charge in [0.25, 0.3) is 0 Å². The zero-order valence-electron chi connectivity index (χ0n) is 17.6. The lowest BCUT2D eigenvalue weighted by Crippen LogP contribution is -2.60. The minimum absolute atomic E-state index is 0.0249. The number of carbonyl (C=O) groups excluding carboxylic acids is 1. The van der Waals surface area contributed by atoms with Crippen LogP contribution in [-0.4, -0.2) is 54.8 Å². The van der Waals surface area contributed by atoms with Crippen LogP contribution in [0.3, 0.4) is 0 Å². The zero-order valence-corrected chi connectivity index (χ0v) is 19.2. The van der Waals surface area contributed by atoms with Crippen molar-refractivity contribution in [3.8, 4) is 11.5 Å². The predicted molar refractivity (Wildman–Crippen MR) is 121 cm³/mol. The van der Waals surface area contributed by atoms with Crippen molar-refractivity contribution in [3.63, 3.8) is 0 Å². The second-order valence-corrected chi connectivity index (χ2v) is 11.4. The first kappa shape index (κ1) is 23.0. The second-order valence-electron chi connectivity index (χ2n) is 8.64. The summed E-state index contributed by atoms with van der Waals surface area (Å²) in [6, 6.07) is 12.8. The van der Waals surface area contributed by atoms with Gasteiger partial charge in [-0.3, -0.25) is 4.79 Å². The van der Waals surface area contributed by atoms with Crippen molar-refractivity contribution in [2.24, 2.45) is 11.7 Å². The Labute approximate surface area is 193 Å². The maximum atomic E-state index is 13.7. The van der Waals surface area contributed by atoms with Crippen molar-refractivity contribution in [3.05, 3.63) is 53.6 Å². The van der Waals surface area contributed by atoms with E-state index in [-0.39, 0.29) is 17.7 Å². The van der Waals surface area contributed by atoms with Crippen LogP contribution in [0.25, 0.3) is 0 Å². The van der Waals surface area contributed by atoms with E-state index < -0.39 is 26.6 Å². The van der Waals surface area contributed by atoms with Crippen molar-refractivity contribution in [1.82, 2.24) is 4.90 Å². The van der Waals surface area contributed by atoms with Crippen LogP contribution in [0.15, 0.2) is 53.4 Å². The summed E-state index contributed by atoms with van der Waals surface area (Å²) in [5.74, 6) is 0.670. The van der Waals surface area contributed by atoms with Crippen LogP contribution in [0.2, 0.25) is 5.02 Å². The van der Waals surface area contributed by atoms with Crippen LogP contribution in [-0.2, 0) is 14.6 Å². The molecule has 2 aliphatic rings. The molecule has 32 heavy (non-hydrogen) atoms. The number of hydrogen-bond acceptors (Lipinski definition) is 6. The fourth-order valence-corrected chi connectivity index (χ4v) is 6.51. The number of sulfone groups is 1. The first-order chi connectivity index (χ1) is 15.2. The van der Waals surface area contributed by atoms with E-state index in [1.807, 2.05) is 0 Å². The molecule has 1 aliphatic heterocycles. The Balaban J connectivity index is 1.56. The number of hydrogen-bond donors (Lipinski definition) is 2. The third-order valence-electron chi connectivity index (χ3n) is 6.40. The predicted octanol–water partition coefficient (Wildman–Crippen LogP) is 3.00. The van der Waals surface area contributed by atoms with Gasteiger partial charge in [0.15, 0.2) is 15.9 Å². The Morgan fingerprint density at radius 2 is 1.62 bits per heavy atom. The van der Waals surface area contributed by atoms with Gasteiger partial charge in [-0.05, 0) is 93.2 Å². The topological polar surface area (TPSA) is 110 Å². The lowest BCUT2D eigenvalue weighted by atomic mass is 9.89. The monoisotopic (exact) mass is 478 g/mol. The number of rotatable bonds is 8. The Morgan fingerprint density at radius 3 is 2.12 bits per heavy atom. The van der Waals surface area contributed by atoms with Crippen LogP contribution in [0.1, 0.15) is 25.7 Å². The summed E-state index contributed by atoms with van der Waals surface area (Å²) in [5, 5.41) is 11.2. The molecule has 172 valence electrons. The number of aliphatic hydroxyl groups is 1. The molecule has 9 heteroatoms. The molecule has 0 radical (unpaired) electrons. The summed E-state index contributed by atoms with van der Waals surface area (Å²) in [6.45, 7) is 1.93. The highest BCUT2D eigenvalue weighted by Gasteiger charge is 2.54. The standard InChI is InChI=1S/C23H27ClN2O5S/c24-17-3-5-18(6-4-17)31-19-7-9-20(10-8-19)32(29,30)23(21(27)22(25)28)11-13-26(14-12-23)15-16-1-2-16/h3-10,16,21,27H,1-2,11-15H2,(H2,25,28). The number of primary amides is 1. The van der Waals surface area contributed by atoms with E-state index >= 15 is 0 Å². The lowest BCUT2D eigenvalue weighted by Gasteiger charge is -2.43. The van der Waals surface area contributed by atoms with Crippen molar-refractivity contribution in [2.45, 2.75) is 41.4 Å². The van der Waals surface area contributed by atoms with Crippen LogP contribution >= 0.6 is 11.6 Å². The molecule has 2 aromatic rings. The molecule has 2 aromatic carbocycles. The van der Waals surface area contributed by atoms with E-state index in [1.165, 1.54) is 25.0 Å². The highest BCUT2D eigenvalue weighted by atomic mass is 35.5. The Kier molecular flexibility index (Phi) is 6.49. The van der Waals surface area contributed by atoms with Gasteiger partial charge in [-0.15, -0.1) is 0 Å². The Morgan fingerprint density at radius 1 is 1.09 bits per heavy atom. The van der Waals surface area contributed by atoms with Crippen molar-refractivity contribution in [1.29, 1.82) is 0 Å². The molecule has 7 nitrogen and oxygen atoms in total. The van der Waals surface area contributed by atoms with E-state index in [4.69, 9.17) is 22.1 Å². The van der Waals surface area contributed by atoms with Crippen molar-refractivity contribution in [2.75, 3.05) is 19.6 Å². The van der Waals surface area contributed by atoms with E-state index in [1.54, 1.807) is 36.4 Å². The van der Waals surface area contributed by atoms with Gasteiger partial charge in [-0.1, -0.05) is 11.6 Å². The third kappa shape index (κ3) is 4.64. The van der Waals surface area contributed by atoms with Gasteiger partial charge >= 0.3 is 0 Å². The van der Waals surface area contributed by atoms with Gasteiger partial charge in [0.1, 0.15) is 16.2 Å². The molecule has 0 spiro atoms. The SMILES string of the molecule is NC(=O)C(O)C1(S(=O)(=O)c2ccc(Oc3ccc(Cl)cc3)cc2)CCN(CC2CC2)CC1. The largest absolute Gasteiger partial charge is 0.457 e. The van der Waals surface area contributed by atoms with E-state index in [0.29, 0.717) is 35.5 Å². The average Bonchev–Trinajstić information content (AvgIpc) is 3.60. The van der Waals surface area contributed by atoms with Gasteiger partial charge in [0.05, 0.1) is 4.90 Å². The summed E-state index contributed by atoms with van der Waals surface area (Å²) in [5.41, 5.74) is 5.38. The maximum absolute atomic E-state index is 13.7. The Bertz CT molecular complexity index is 1060. The lowest BCUT2D eigenvalue weighted by molar-refractivity contribution is -0.128. The first-order valence-electron chi connectivity index (χ1n) is 10.7. The number of piperidine rings is 1. The molecular formula is C23H27ClN2O5S. The van der Waals surface area contributed by atoms with Crippen LogP contribution in [0, 0.1) is 5.92 Å². The average molecular weight is 479 g/mol. The normalized spacial score (nSPS) is 19.9. The Hall–Kier alpha value is -2.13. The molecule has 2 fully saturated rings. The number of halogens is 1. The van der Waals surface area contributed by atoms with E-state index in [0.717, 1.165) is 6.54 Å². The summed E-state index contributed by atoms with van der Waals surface area (Å²) in [7, 11) is -4.05. The molecule has 1 heterocycles. The smallest absolute Gasteiger partial charge is 0.247 e.